The molecule has 1 fully saturated rings. The van der Waals surface area contributed by atoms with Crippen LogP contribution in [0.1, 0.15) is 16.8 Å². The summed E-state index contributed by atoms with van der Waals surface area (Å²) in [4.78, 5) is 15.3. The number of para-hydroxylation sites is 1. The van der Waals surface area contributed by atoms with Crippen LogP contribution in [-0.4, -0.2) is 28.9 Å². The lowest BCUT2D eigenvalue weighted by Gasteiger charge is -2.09. The average molecular weight is 260 g/mol. The summed E-state index contributed by atoms with van der Waals surface area (Å²) >= 11 is 1.98. The molecule has 1 atom stereocenters. The van der Waals surface area contributed by atoms with Gasteiger partial charge in [-0.15, -0.1) is 0 Å². The molecule has 1 unspecified atom stereocenters. The van der Waals surface area contributed by atoms with Crippen LogP contribution in [0.5, 0.6) is 0 Å². The Hall–Kier alpha value is -1.42. The monoisotopic (exact) mass is 260 g/mol. The van der Waals surface area contributed by atoms with Crippen LogP contribution in [0.15, 0.2) is 30.5 Å². The first-order chi connectivity index (χ1) is 8.84. The number of aromatic amines is 1. The first-order valence-electron chi connectivity index (χ1n) is 6.26. The Morgan fingerprint density at radius 1 is 1.44 bits per heavy atom. The van der Waals surface area contributed by atoms with Crippen LogP contribution in [0.2, 0.25) is 0 Å². The minimum absolute atomic E-state index is 0.0318. The van der Waals surface area contributed by atoms with Crippen molar-refractivity contribution in [3.05, 3.63) is 36.0 Å². The molecule has 0 spiro atoms. The third kappa shape index (κ3) is 2.25. The number of thioether (sulfide) groups is 1. The molecule has 1 aromatic carbocycles. The first-order valence-corrected chi connectivity index (χ1v) is 7.42. The molecule has 2 heterocycles. The van der Waals surface area contributed by atoms with Gasteiger partial charge in [-0.1, -0.05) is 18.2 Å². The van der Waals surface area contributed by atoms with Crippen molar-refractivity contribution in [1.82, 2.24) is 10.3 Å². The molecule has 1 amide bonds. The van der Waals surface area contributed by atoms with Gasteiger partial charge in [0.05, 0.1) is 5.56 Å². The Bertz CT molecular complexity index is 558. The fourth-order valence-corrected chi connectivity index (χ4v) is 3.62. The lowest BCUT2D eigenvalue weighted by molar-refractivity contribution is 0.0950. The largest absolute Gasteiger partial charge is 0.360 e. The maximum absolute atomic E-state index is 12.1. The van der Waals surface area contributed by atoms with Crippen molar-refractivity contribution in [2.24, 2.45) is 5.92 Å². The summed E-state index contributed by atoms with van der Waals surface area (Å²) in [5, 5.41) is 4.04. The third-order valence-corrected chi connectivity index (χ3v) is 4.64. The summed E-state index contributed by atoms with van der Waals surface area (Å²) in [6, 6.07) is 7.89. The van der Waals surface area contributed by atoms with Gasteiger partial charge in [-0.3, -0.25) is 4.79 Å². The van der Waals surface area contributed by atoms with Gasteiger partial charge in [0.15, 0.2) is 0 Å². The predicted molar refractivity (Wildman–Crippen MR) is 76.1 cm³/mol. The molecule has 0 aliphatic carbocycles. The van der Waals surface area contributed by atoms with Gasteiger partial charge in [-0.25, -0.2) is 0 Å². The van der Waals surface area contributed by atoms with E-state index in [0.717, 1.165) is 23.0 Å². The number of fused-ring (bicyclic) bond motifs is 1. The topological polar surface area (TPSA) is 44.9 Å². The number of hydrogen-bond donors (Lipinski definition) is 2. The van der Waals surface area contributed by atoms with Crippen LogP contribution in [0.25, 0.3) is 10.9 Å². The summed E-state index contributed by atoms with van der Waals surface area (Å²) in [6.07, 6.45) is 3.02. The molecule has 2 aromatic rings. The quantitative estimate of drug-likeness (QED) is 0.891. The van der Waals surface area contributed by atoms with Crippen LogP contribution in [0.3, 0.4) is 0 Å². The number of H-pyrrole nitrogens is 1. The smallest absolute Gasteiger partial charge is 0.253 e. The van der Waals surface area contributed by atoms with Crippen LogP contribution in [-0.2, 0) is 0 Å². The standard InChI is InChI=1S/C14H16N2OS/c17-14(16-7-10-5-6-18-9-10)12-8-15-13-4-2-1-3-11(12)13/h1-4,8,10,15H,5-7,9H2,(H,16,17). The molecule has 1 aromatic heterocycles. The van der Waals surface area contributed by atoms with Gasteiger partial charge in [0.2, 0.25) is 0 Å². The van der Waals surface area contributed by atoms with E-state index in [-0.39, 0.29) is 5.91 Å². The van der Waals surface area contributed by atoms with Gasteiger partial charge in [-0.05, 0) is 29.9 Å². The molecule has 2 N–H and O–H groups in total. The zero-order chi connectivity index (χ0) is 12.4. The highest BCUT2D eigenvalue weighted by molar-refractivity contribution is 7.99. The third-order valence-electron chi connectivity index (χ3n) is 3.41. The van der Waals surface area contributed by atoms with Crippen LogP contribution in [0, 0.1) is 5.92 Å². The van der Waals surface area contributed by atoms with Gasteiger partial charge in [0.1, 0.15) is 0 Å². The van der Waals surface area contributed by atoms with Gasteiger partial charge in [0.25, 0.3) is 5.91 Å². The van der Waals surface area contributed by atoms with E-state index < -0.39 is 0 Å². The number of hydrogen-bond acceptors (Lipinski definition) is 2. The lowest BCUT2D eigenvalue weighted by Crippen LogP contribution is -2.29. The highest BCUT2D eigenvalue weighted by Gasteiger charge is 2.17. The number of benzene rings is 1. The maximum Gasteiger partial charge on any atom is 0.253 e. The first kappa shape index (κ1) is 11.7. The fourth-order valence-electron chi connectivity index (χ4n) is 2.34. The number of nitrogens with one attached hydrogen (secondary N) is 2. The Morgan fingerprint density at radius 2 is 2.33 bits per heavy atom. The molecular formula is C14H16N2OS. The van der Waals surface area contributed by atoms with Crippen molar-refractivity contribution >= 4 is 28.6 Å². The molecule has 0 saturated carbocycles. The van der Waals surface area contributed by atoms with Crippen molar-refractivity contribution < 1.29 is 4.79 Å². The van der Waals surface area contributed by atoms with Crippen molar-refractivity contribution in [2.45, 2.75) is 6.42 Å². The predicted octanol–water partition coefficient (Wildman–Crippen LogP) is 2.65. The number of amides is 1. The van der Waals surface area contributed by atoms with E-state index in [0.29, 0.717) is 5.92 Å². The molecule has 94 valence electrons. The Labute approximate surface area is 110 Å². The normalized spacial score (nSPS) is 19.2. The molecule has 0 bridgehead atoms. The molecule has 18 heavy (non-hydrogen) atoms. The minimum atomic E-state index is 0.0318. The van der Waals surface area contributed by atoms with Crippen molar-refractivity contribution in [3.63, 3.8) is 0 Å². The Morgan fingerprint density at radius 3 is 3.17 bits per heavy atom. The molecule has 1 aliphatic heterocycles. The van der Waals surface area contributed by atoms with E-state index in [1.54, 1.807) is 6.20 Å². The SMILES string of the molecule is O=C(NCC1CCSC1)c1c[nH]c2ccccc12. The Kier molecular flexibility index (Phi) is 3.28. The second-order valence-electron chi connectivity index (χ2n) is 4.69. The average Bonchev–Trinajstić information content (AvgIpc) is 3.05. The summed E-state index contributed by atoms with van der Waals surface area (Å²) < 4.78 is 0. The zero-order valence-corrected chi connectivity index (χ0v) is 10.9. The van der Waals surface area contributed by atoms with Crippen molar-refractivity contribution in [1.29, 1.82) is 0 Å². The highest BCUT2D eigenvalue weighted by Crippen LogP contribution is 2.23. The molecule has 3 nitrogen and oxygen atoms in total. The molecule has 4 heteroatoms. The van der Waals surface area contributed by atoms with Gasteiger partial charge in [-0.2, -0.15) is 11.8 Å². The van der Waals surface area contributed by atoms with E-state index >= 15 is 0 Å². The molecule has 1 saturated heterocycles. The van der Waals surface area contributed by atoms with E-state index in [1.807, 2.05) is 36.0 Å². The van der Waals surface area contributed by atoms with Crippen molar-refractivity contribution in [3.8, 4) is 0 Å². The lowest BCUT2D eigenvalue weighted by atomic mass is 10.1. The van der Waals surface area contributed by atoms with Gasteiger partial charge >= 0.3 is 0 Å². The molecule has 1 aliphatic rings. The number of aromatic nitrogens is 1. The number of carbonyl (C=O) groups is 1. The summed E-state index contributed by atoms with van der Waals surface area (Å²) in [7, 11) is 0. The van der Waals surface area contributed by atoms with E-state index in [2.05, 4.69) is 10.3 Å². The van der Waals surface area contributed by atoms with E-state index in [9.17, 15) is 4.79 Å². The summed E-state index contributed by atoms with van der Waals surface area (Å²) in [5.74, 6) is 3.08. The Balaban J connectivity index is 1.71. The second-order valence-corrected chi connectivity index (χ2v) is 5.84. The van der Waals surface area contributed by atoms with E-state index in [4.69, 9.17) is 0 Å². The van der Waals surface area contributed by atoms with Crippen molar-refractivity contribution in [2.75, 3.05) is 18.1 Å². The number of carbonyl (C=O) groups excluding carboxylic acids is 1. The molecule has 0 radical (unpaired) electrons. The second kappa shape index (κ2) is 5.06. The minimum Gasteiger partial charge on any atom is -0.360 e. The zero-order valence-electron chi connectivity index (χ0n) is 10.1. The van der Waals surface area contributed by atoms with Crippen LogP contribution in [0.4, 0.5) is 0 Å². The molecular weight excluding hydrogens is 244 g/mol. The maximum atomic E-state index is 12.1. The van der Waals surface area contributed by atoms with Crippen LogP contribution < -0.4 is 5.32 Å². The van der Waals surface area contributed by atoms with Gasteiger partial charge in [0, 0.05) is 23.6 Å². The van der Waals surface area contributed by atoms with Gasteiger partial charge < -0.3 is 10.3 Å². The summed E-state index contributed by atoms with van der Waals surface area (Å²) in [5.41, 5.74) is 1.76. The summed E-state index contributed by atoms with van der Waals surface area (Å²) in [6.45, 7) is 0.797. The fraction of sp³-hybridized carbons (Fsp3) is 0.357. The molecule has 3 rings (SSSR count). The number of rotatable bonds is 3. The highest BCUT2D eigenvalue weighted by atomic mass is 32.2. The van der Waals surface area contributed by atoms with Crippen LogP contribution >= 0.6 is 11.8 Å². The van der Waals surface area contributed by atoms with E-state index in [1.165, 1.54) is 17.9 Å².